The fourth-order valence-corrected chi connectivity index (χ4v) is 2.89. The summed E-state index contributed by atoms with van der Waals surface area (Å²) in [4.78, 5) is 10.4. The van der Waals surface area contributed by atoms with E-state index in [0.29, 0.717) is 23.8 Å². The Morgan fingerprint density at radius 1 is 1.40 bits per heavy atom. The van der Waals surface area contributed by atoms with Crippen molar-refractivity contribution in [2.75, 3.05) is 5.73 Å². The van der Waals surface area contributed by atoms with Gasteiger partial charge in [-0.05, 0) is 24.8 Å². The van der Waals surface area contributed by atoms with E-state index in [0.717, 1.165) is 12.8 Å². The molecule has 1 saturated carbocycles. The van der Waals surface area contributed by atoms with Gasteiger partial charge in [-0.1, -0.05) is 26.2 Å². The number of nitro benzene ring substituents is 1. The second-order valence-corrected chi connectivity index (χ2v) is 5.44. The molecule has 2 N–H and O–H groups in total. The highest BCUT2D eigenvalue weighted by molar-refractivity contribution is 5.52. The third-order valence-corrected chi connectivity index (χ3v) is 4.15. The van der Waals surface area contributed by atoms with Gasteiger partial charge in [-0.3, -0.25) is 10.1 Å². The van der Waals surface area contributed by atoms with Gasteiger partial charge in [-0.25, -0.2) is 0 Å². The van der Waals surface area contributed by atoms with Gasteiger partial charge < -0.3 is 10.5 Å². The predicted octanol–water partition coefficient (Wildman–Crippen LogP) is 3.66. The van der Waals surface area contributed by atoms with Crippen molar-refractivity contribution in [1.29, 1.82) is 0 Å². The number of nitro groups is 1. The minimum Gasteiger partial charge on any atom is -0.398 e. The lowest BCUT2D eigenvalue weighted by Crippen LogP contribution is -2.27. The van der Waals surface area contributed by atoms with Crippen molar-refractivity contribution < 1.29 is 9.66 Å². The summed E-state index contributed by atoms with van der Waals surface area (Å²) in [6, 6.07) is 4.52. The molecule has 20 heavy (non-hydrogen) atoms. The first kappa shape index (κ1) is 14.8. The minimum atomic E-state index is -0.404. The molecule has 1 fully saturated rings. The monoisotopic (exact) mass is 278 g/mol. The normalized spacial score (nSPS) is 22.6. The van der Waals surface area contributed by atoms with E-state index >= 15 is 0 Å². The SMILES string of the molecule is CCC1CCCCC1OCc1cc([N+](=O)[O-])ccc1N. The number of anilines is 1. The molecule has 5 heteroatoms. The molecule has 0 saturated heterocycles. The number of nitrogen functional groups attached to an aromatic ring is 1. The van der Waals surface area contributed by atoms with Crippen LogP contribution in [0.4, 0.5) is 11.4 Å². The molecule has 0 heterocycles. The van der Waals surface area contributed by atoms with E-state index in [1.54, 1.807) is 6.07 Å². The molecule has 0 amide bonds. The van der Waals surface area contributed by atoms with Gasteiger partial charge in [-0.2, -0.15) is 0 Å². The lowest BCUT2D eigenvalue weighted by atomic mass is 9.85. The molecular weight excluding hydrogens is 256 g/mol. The van der Waals surface area contributed by atoms with E-state index in [1.807, 2.05) is 0 Å². The number of hydrogen-bond donors (Lipinski definition) is 1. The molecule has 1 aromatic rings. The van der Waals surface area contributed by atoms with Crippen LogP contribution in [-0.4, -0.2) is 11.0 Å². The van der Waals surface area contributed by atoms with Gasteiger partial charge in [0.25, 0.3) is 5.69 Å². The van der Waals surface area contributed by atoms with Gasteiger partial charge in [0.2, 0.25) is 0 Å². The first-order valence-electron chi connectivity index (χ1n) is 7.26. The van der Waals surface area contributed by atoms with Crippen LogP contribution >= 0.6 is 0 Å². The maximum Gasteiger partial charge on any atom is 0.269 e. The molecule has 1 aliphatic rings. The predicted molar refractivity (Wildman–Crippen MR) is 78.3 cm³/mol. The third kappa shape index (κ3) is 3.48. The zero-order valence-electron chi connectivity index (χ0n) is 11.9. The number of rotatable bonds is 5. The highest BCUT2D eigenvalue weighted by atomic mass is 16.6. The largest absolute Gasteiger partial charge is 0.398 e. The molecule has 0 aliphatic heterocycles. The standard InChI is InChI=1S/C15H22N2O3/c1-2-11-5-3-4-6-15(11)20-10-12-9-13(17(18)19)7-8-14(12)16/h7-9,11,15H,2-6,10,16H2,1H3. The number of nitrogens with two attached hydrogens (primary N) is 1. The van der Waals surface area contributed by atoms with Crippen molar-refractivity contribution in [2.45, 2.75) is 51.7 Å². The van der Waals surface area contributed by atoms with Crippen LogP contribution in [0, 0.1) is 16.0 Å². The average molecular weight is 278 g/mol. The Labute approximate surface area is 119 Å². The van der Waals surface area contributed by atoms with Crippen LogP contribution in [0.5, 0.6) is 0 Å². The lowest BCUT2D eigenvalue weighted by molar-refractivity contribution is -0.384. The fourth-order valence-electron chi connectivity index (χ4n) is 2.89. The van der Waals surface area contributed by atoms with Gasteiger partial charge in [0, 0.05) is 23.4 Å². The zero-order chi connectivity index (χ0) is 14.5. The molecule has 0 aromatic heterocycles. The van der Waals surface area contributed by atoms with E-state index in [9.17, 15) is 10.1 Å². The van der Waals surface area contributed by atoms with Crippen LogP contribution in [0.1, 0.15) is 44.6 Å². The molecule has 0 radical (unpaired) electrons. The summed E-state index contributed by atoms with van der Waals surface area (Å²) in [6.07, 6.45) is 6.14. The van der Waals surface area contributed by atoms with Crippen molar-refractivity contribution >= 4 is 11.4 Å². The van der Waals surface area contributed by atoms with E-state index in [4.69, 9.17) is 10.5 Å². The highest BCUT2D eigenvalue weighted by Crippen LogP contribution is 2.30. The van der Waals surface area contributed by atoms with Crippen LogP contribution in [0.25, 0.3) is 0 Å². The van der Waals surface area contributed by atoms with Crippen molar-refractivity contribution in [3.05, 3.63) is 33.9 Å². The summed E-state index contributed by atoms with van der Waals surface area (Å²) in [5, 5.41) is 10.8. The number of benzene rings is 1. The quantitative estimate of drug-likeness (QED) is 0.506. The Kier molecular flexibility index (Phi) is 4.95. The summed E-state index contributed by atoms with van der Waals surface area (Å²) >= 11 is 0. The maximum absolute atomic E-state index is 10.8. The zero-order valence-corrected chi connectivity index (χ0v) is 11.9. The average Bonchev–Trinajstić information content (AvgIpc) is 2.46. The number of hydrogen-bond acceptors (Lipinski definition) is 4. The van der Waals surface area contributed by atoms with Gasteiger partial charge in [0.15, 0.2) is 0 Å². The molecule has 2 atom stereocenters. The molecule has 1 aromatic carbocycles. The number of non-ortho nitro benzene ring substituents is 1. The van der Waals surface area contributed by atoms with Gasteiger partial charge >= 0.3 is 0 Å². The summed E-state index contributed by atoms with van der Waals surface area (Å²) in [6.45, 7) is 2.54. The lowest BCUT2D eigenvalue weighted by Gasteiger charge is -2.30. The first-order chi connectivity index (χ1) is 9.61. The Hall–Kier alpha value is -1.62. The highest BCUT2D eigenvalue weighted by Gasteiger charge is 2.24. The van der Waals surface area contributed by atoms with E-state index in [1.165, 1.54) is 31.4 Å². The summed E-state index contributed by atoms with van der Waals surface area (Å²) in [5.41, 5.74) is 7.20. The van der Waals surface area contributed by atoms with Crippen LogP contribution in [-0.2, 0) is 11.3 Å². The first-order valence-corrected chi connectivity index (χ1v) is 7.26. The van der Waals surface area contributed by atoms with Crippen LogP contribution in [0.15, 0.2) is 18.2 Å². The van der Waals surface area contributed by atoms with Crippen molar-refractivity contribution in [3.8, 4) is 0 Å². The molecule has 1 aliphatic carbocycles. The molecule has 110 valence electrons. The minimum absolute atomic E-state index is 0.0634. The summed E-state index contributed by atoms with van der Waals surface area (Å²) < 4.78 is 5.99. The van der Waals surface area contributed by atoms with E-state index < -0.39 is 4.92 Å². The molecule has 0 spiro atoms. The van der Waals surface area contributed by atoms with Crippen LogP contribution in [0.2, 0.25) is 0 Å². The van der Waals surface area contributed by atoms with Crippen molar-refractivity contribution in [1.82, 2.24) is 0 Å². The Morgan fingerprint density at radius 3 is 2.85 bits per heavy atom. The van der Waals surface area contributed by atoms with Gasteiger partial charge in [0.1, 0.15) is 0 Å². The number of ether oxygens (including phenoxy) is 1. The van der Waals surface area contributed by atoms with Crippen molar-refractivity contribution in [2.24, 2.45) is 5.92 Å². The van der Waals surface area contributed by atoms with Crippen LogP contribution in [0.3, 0.4) is 0 Å². The smallest absolute Gasteiger partial charge is 0.269 e. The molecule has 2 rings (SSSR count). The Bertz CT molecular complexity index is 476. The Morgan fingerprint density at radius 2 is 2.15 bits per heavy atom. The van der Waals surface area contributed by atoms with Gasteiger partial charge in [0.05, 0.1) is 17.6 Å². The summed E-state index contributed by atoms with van der Waals surface area (Å²) in [7, 11) is 0. The molecular formula is C15H22N2O3. The summed E-state index contributed by atoms with van der Waals surface area (Å²) in [5.74, 6) is 0.601. The molecule has 5 nitrogen and oxygen atoms in total. The fraction of sp³-hybridized carbons (Fsp3) is 0.600. The second-order valence-electron chi connectivity index (χ2n) is 5.44. The maximum atomic E-state index is 10.8. The van der Waals surface area contributed by atoms with Crippen LogP contribution < -0.4 is 5.73 Å². The molecule has 2 unspecified atom stereocenters. The van der Waals surface area contributed by atoms with Crippen molar-refractivity contribution in [3.63, 3.8) is 0 Å². The van der Waals surface area contributed by atoms with E-state index in [2.05, 4.69) is 6.92 Å². The molecule has 0 bridgehead atoms. The second kappa shape index (κ2) is 6.70. The topological polar surface area (TPSA) is 78.4 Å². The van der Waals surface area contributed by atoms with Gasteiger partial charge in [-0.15, -0.1) is 0 Å². The van der Waals surface area contributed by atoms with E-state index in [-0.39, 0.29) is 11.8 Å². The number of nitrogens with zero attached hydrogens (tertiary/aromatic N) is 1. The third-order valence-electron chi connectivity index (χ3n) is 4.15. The Balaban J connectivity index is 2.02.